The minimum atomic E-state index is -0.698. The smallest absolute Gasteiger partial charge is 0.359 e. The summed E-state index contributed by atoms with van der Waals surface area (Å²) >= 11 is 5.91. The Hall–Kier alpha value is -2.34. The topological polar surface area (TPSA) is 87.2 Å². The summed E-state index contributed by atoms with van der Waals surface area (Å²) in [5.74, 6) is -1.08. The molecule has 0 amide bonds. The number of halogens is 1. The highest BCUT2D eigenvalue weighted by molar-refractivity contribution is 6.34. The molecule has 0 fully saturated rings. The summed E-state index contributed by atoms with van der Waals surface area (Å²) in [6, 6.07) is 6.56. The number of aromatic nitrogens is 2. The average molecular weight is 308 g/mol. The molecule has 0 aliphatic heterocycles. The Labute approximate surface area is 126 Å². The van der Waals surface area contributed by atoms with Gasteiger partial charge in [0.2, 0.25) is 5.78 Å². The van der Waals surface area contributed by atoms with Gasteiger partial charge in [-0.25, -0.2) is 4.79 Å². The van der Waals surface area contributed by atoms with Gasteiger partial charge >= 0.3 is 5.97 Å². The molecule has 1 aromatic heterocycles. The van der Waals surface area contributed by atoms with E-state index in [-0.39, 0.29) is 17.2 Å². The van der Waals surface area contributed by atoms with Crippen molar-refractivity contribution < 1.29 is 14.3 Å². The zero-order valence-corrected chi connectivity index (χ0v) is 12.3. The first kappa shape index (κ1) is 15.1. The van der Waals surface area contributed by atoms with E-state index in [0.29, 0.717) is 16.3 Å². The Morgan fingerprint density at radius 2 is 2.05 bits per heavy atom. The number of nitrogens with zero attached hydrogens (tertiary/aromatic N) is 2. The van der Waals surface area contributed by atoms with Gasteiger partial charge in [0.05, 0.1) is 16.4 Å². The molecule has 0 unspecified atom stereocenters. The van der Waals surface area contributed by atoms with Crippen LogP contribution in [0.1, 0.15) is 26.5 Å². The first-order valence-electron chi connectivity index (χ1n) is 6.15. The normalized spacial score (nSPS) is 10.4. The summed E-state index contributed by atoms with van der Waals surface area (Å²) in [6.45, 7) is 1.27. The number of Topliss-reactive ketones (excluding diaryl/α,β-unsaturated/α-hetero) is 1. The van der Waals surface area contributed by atoms with Gasteiger partial charge in [-0.3, -0.25) is 9.48 Å². The molecule has 21 heavy (non-hydrogen) atoms. The lowest BCUT2D eigenvalue weighted by Crippen LogP contribution is -2.18. The second-order valence-corrected chi connectivity index (χ2v) is 4.86. The van der Waals surface area contributed by atoms with Gasteiger partial charge in [-0.1, -0.05) is 23.7 Å². The molecule has 2 N–H and O–H groups in total. The minimum absolute atomic E-state index is 0.124. The number of esters is 1. The molecular weight excluding hydrogens is 294 g/mol. The van der Waals surface area contributed by atoms with Crippen molar-refractivity contribution in [1.29, 1.82) is 0 Å². The number of anilines is 1. The molecule has 0 aliphatic carbocycles. The van der Waals surface area contributed by atoms with Crippen LogP contribution in [0.15, 0.2) is 24.3 Å². The van der Waals surface area contributed by atoms with Crippen LogP contribution >= 0.6 is 11.6 Å². The van der Waals surface area contributed by atoms with Crippen molar-refractivity contribution in [3.63, 3.8) is 0 Å². The summed E-state index contributed by atoms with van der Waals surface area (Å²) in [7, 11) is 1.58. The molecular formula is C14H14ClN3O3. The van der Waals surface area contributed by atoms with Crippen molar-refractivity contribution in [2.45, 2.75) is 6.92 Å². The van der Waals surface area contributed by atoms with Gasteiger partial charge in [-0.05, 0) is 19.1 Å². The van der Waals surface area contributed by atoms with E-state index in [2.05, 4.69) is 5.10 Å². The minimum Gasteiger partial charge on any atom is -0.453 e. The van der Waals surface area contributed by atoms with Crippen molar-refractivity contribution >= 4 is 29.0 Å². The van der Waals surface area contributed by atoms with Gasteiger partial charge in [-0.2, -0.15) is 5.10 Å². The predicted octanol–water partition coefficient (Wildman–Crippen LogP) is 2.00. The standard InChI is InChI=1S/C14H14ClN3O3/c1-8-12(16)13(18(2)17-8)14(20)21-7-11(19)9-5-3-4-6-10(9)15/h3-6H,7,16H2,1-2H3. The summed E-state index contributed by atoms with van der Waals surface area (Å²) in [5.41, 5.74) is 6.96. The molecule has 6 nitrogen and oxygen atoms in total. The van der Waals surface area contributed by atoms with Crippen LogP contribution in [0.5, 0.6) is 0 Å². The van der Waals surface area contributed by atoms with Gasteiger partial charge in [0.15, 0.2) is 12.3 Å². The number of ether oxygens (including phenoxy) is 1. The van der Waals surface area contributed by atoms with E-state index in [1.807, 2.05) is 0 Å². The Kier molecular flexibility index (Phi) is 4.28. The monoisotopic (exact) mass is 307 g/mol. The molecule has 2 aromatic rings. The van der Waals surface area contributed by atoms with E-state index in [1.165, 1.54) is 4.68 Å². The maximum Gasteiger partial charge on any atom is 0.359 e. The molecule has 0 aliphatic rings. The number of nitrogen functional groups attached to an aromatic ring is 1. The number of benzene rings is 1. The molecule has 0 saturated heterocycles. The number of ketones is 1. The van der Waals surface area contributed by atoms with Crippen LogP contribution in [0.4, 0.5) is 5.69 Å². The molecule has 2 rings (SSSR count). The maximum atomic E-state index is 12.0. The molecule has 0 radical (unpaired) electrons. The van der Waals surface area contributed by atoms with Gasteiger partial charge in [0.25, 0.3) is 0 Å². The fourth-order valence-corrected chi connectivity index (χ4v) is 2.12. The lowest BCUT2D eigenvalue weighted by Gasteiger charge is -2.06. The Balaban J connectivity index is 2.08. The van der Waals surface area contributed by atoms with Crippen molar-refractivity contribution in [2.24, 2.45) is 7.05 Å². The largest absolute Gasteiger partial charge is 0.453 e. The summed E-state index contributed by atoms with van der Waals surface area (Å²) in [4.78, 5) is 23.9. The number of aryl methyl sites for hydroxylation is 2. The Morgan fingerprint density at radius 3 is 2.62 bits per heavy atom. The second-order valence-electron chi connectivity index (χ2n) is 4.45. The first-order valence-corrected chi connectivity index (χ1v) is 6.53. The summed E-state index contributed by atoms with van der Waals surface area (Å²) < 4.78 is 6.31. The summed E-state index contributed by atoms with van der Waals surface area (Å²) in [5, 5.41) is 4.33. The number of carbonyl (C=O) groups excluding carboxylic acids is 2. The molecule has 0 atom stereocenters. The number of carbonyl (C=O) groups is 2. The molecule has 0 spiro atoms. The molecule has 110 valence electrons. The van der Waals surface area contributed by atoms with Crippen LogP contribution in [0.25, 0.3) is 0 Å². The van der Waals surface area contributed by atoms with Crippen molar-refractivity contribution in [2.75, 3.05) is 12.3 Å². The summed E-state index contributed by atoms with van der Waals surface area (Å²) in [6.07, 6.45) is 0. The molecule has 1 heterocycles. The van der Waals surface area contributed by atoms with Crippen LogP contribution in [0.3, 0.4) is 0 Å². The maximum absolute atomic E-state index is 12.0. The van der Waals surface area contributed by atoms with E-state index in [4.69, 9.17) is 22.1 Å². The third-order valence-electron chi connectivity index (χ3n) is 2.97. The highest BCUT2D eigenvalue weighted by atomic mass is 35.5. The zero-order valence-electron chi connectivity index (χ0n) is 11.6. The quantitative estimate of drug-likeness (QED) is 0.689. The molecule has 0 saturated carbocycles. The SMILES string of the molecule is Cc1nn(C)c(C(=O)OCC(=O)c2ccccc2Cl)c1N. The molecule has 0 bridgehead atoms. The van der Waals surface area contributed by atoms with Gasteiger partial charge in [0, 0.05) is 12.6 Å². The van der Waals surface area contributed by atoms with E-state index < -0.39 is 12.6 Å². The van der Waals surface area contributed by atoms with Crippen LogP contribution in [-0.4, -0.2) is 28.1 Å². The van der Waals surface area contributed by atoms with Gasteiger partial charge < -0.3 is 10.5 Å². The number of hydrogen-bond acceptors (Lipinski definition) is 5. The second kappa shape index (κ2) is 5.97. The Bertz CT molecular complexity index is 709. The van der Waals surface area contributed by atoms with Crippen LogP contribution < -0.4 is 5.73 Å². The van der Waals surface area contributed by atoms with E-state index in [1.54, 1.807) is 38.2 Å². The lowest BCUT2D eigenvalue weighted by molar-refractivity contribution is 0.0465. The van der Waals surface area contributed by atoms with Crippen LogP contribution in [0.2, 0.25) is 5.02 Å². The van der Waals surface area contributed by atoms with Gasteiger partial charge in [-0.15, -0.1) is 0 Å². The van der Waals surface area contributed by atoms with Crippen molar-refractivity contribution in [3.8, 4) is 0 Å². The van der Waals surface area contributed by atoms with Gasteiger partial charge in [0.1, 0.15) is 0 Å². The first-order chi connectivity index (χ1) is 9.91. The number of hydrogen-bond donors (Lipinski definition) is 1. The van der Waals surface area contributed by atoms with Crippen molar-refractivity contribution in [1.82, 2.24) is 9.78 Å². The molecule has 1 aromatic carbocycles. The third kappa shape index (κ3) is 3.05. The van der Waals surface area contributed by atoms with E-state index in [0.717, 1.165) is 0 Å². The van der Waals surface area contributed by atoms with E-state index in [9.17, 15) is 9.59 Å². The third-order valence-corrected chi connectivity index (χ3v) is 3.30. The number of rotatable bonds is 4. The zero-order chi connectivity index (χ0) is 15.6. The average Bonchev–Trinajstić information content (AvgIpc) is 2.70. The fraction of sp³-hybridized carbons (Fsp3) is 0.214. The van der Waals surface area contributed by atoms with Crippen LogP contribution in [0, 0.1) is 6.92 Å². The predicted molar refractivity (Wildman–Crippen MR) is 78.4 cm³/mol. The van der Waals surface area contributed by atoms with E-state index >= 15 is 0 Å². The van der Waals surface area contributed by atoms with Crippen molar-refractivity contribution in [3.05, 3.63) is 46.2 Å². The number of nitrogens with two attached hydrogens (primary N) is 1. The molecule has 7 heteroatoms. The van der Waals surface area contributed by atoms with Crippen LogP contribution in [-0.2, 0) is 11.8 Å². The fourth-order valence-electron chi connectivity index (χ4n) is 1.88. The lowest BCUT2D eigenvalue weighted by atomic mass is 10.1. The Morgan fingerprint density at radius 1 is 1.38 bits per heavy atom. The highest BCUT2D eigenvalue weighted by Gasteiger charge is 2.21. The highest BCUT2D eigenvalue weighted by Crippen LogP contribution is 2.18.